The number of rotatable bonds is 11. The minimum Gasteiger partial charge on any atom is -0.364 e. The summed E-state index contributed by atoms with van der Waals surface area (Å²) in [6.07, 6.45) is 4.94. The predicted octanol–water partition coefficient (Wildman–Crippen LogP) is 6.49. The number of nitrogens with zero attached hydrogens (tertiary/aromatic N) is 5. The number of hydrogen-bond donors (Lipinski definition) is 0. The Bertz CT molecular complexity index is 1850. The van der Waals surface area contributed by atoms with E-state index in [0.717, 1.165) is 66.6 Å². The van der Waals surface area contributed by atoms with Gasteiger partial charge in [0.25, 0.3) is 10.0 Å². The Balaban J connectivity index is 1.01. The molecule has 1 saturated heterocycles. The summed E-state index contributed by atoms with van der Waals surface area (Å²) in [6.45, 7) is 3.13. The zero-order valence-corrected chi connectivity index (χ0v) is 27.3. The molecule has 2 aromatic carbocycles. The van der Waals surface area contributed by atoms with Crippen LogP contribution in [0.3, 0.4) is 0 Å². The fourth-order valence-electron chi connectivity index (χ4n) is 6.59. The second-order valence-electron chi connectivity index (χ2n) is 12.1. The van der Waals surface area contributed by atoms with E-state index in [-0.39, 0.29) is 15.5 Å². The summed E-state index contributed by atoms with van der Waals surface area (Å²) < 4.78 is 39.9. The third-order valence-electron chi connectivity index (χ3n) is 9.18. The van der Waals surface area contributed by atoms with E-state index in [1.54, 1.807) is 25.2 Å². The molecule has 2 atom stereocenters. The van der Waals surface area contributed by atoms with Crippen LogP contribution in [0.5, 0.6) is 0 Å². The Kier molecular flexibility index (Phi) is 8.39. The van der Waals surface area contributed by atoms with Gasteiger partial charge in [0, 0.05) is 49.0 Å². The third-order valence-corrected chi connectivity index (χ3v) is 12.8. The van der Waals surface area contributed by atoms with Crippen molar-refractivity contribution in [2.24, 2.45) is 5.92 Å². The maximum atomic E-state index is 13.7. The number of hydrogen-bond acceptors (Lipinski definition) is 9. The van der Waals surface area contributed by atoms with Gasteiger partial charge in [-0.25, -0.2) is 8.42 Å². The van der Waals surface area contributed by atoms with Gasteiger partial charge in [-0.2, -0.15) is 9.29 Å². The van der Waals surface area contributed by atoms with Gasteiger partial charge in [0.2, 0.25) is 5.89 Å². The zero-order chi connectivity index (χ0) is 31.0. The molecular weight excluding hydrogens is 630 g/mol. The molecule has 4 heterocycles. The van der Waals surface area contributed by atoms with Gasteiger partial charge in [0.1, 0.15) is 16.2 Å². The first-order chi connectivity index (χ1) is 21.8. The van der Waals surface area contributed by atoms with Gasteiger partial charge >= 0.3 is 0 Å². The van der Waals surface area contributed by atoms with Crippen molar-refractivity contribution in [3.63, 3.8) is 0 Å². The summed E-state index contributed by atoms with van der Waals surface area (Å²) >= 11 is 7.64. The van der Waals surface area contributed by atoms with Gasteiger partial charge in [-0.05, 0) is 73.7 Å². The molecule has 7 rings (SSSR count). The maximum absolute atomic E-state index is 13.7. The van der Waals surface area contributed by atoms with Gasteiger partial charge in [0.05, 0.1) is 4.88 Å². The first-order valence-electron chi connectivity index (χ1n) is 15.1. The molecule has 1 aliphatic carbocycles. The van der Waals surface area contributed by atoms with E-state index in [1.165, 1.54) is 21.9 Å². The topological polar surface area (TPSA) is 106 Å². The molecule has 234 valence electrons. The largest absolute Gasteiger partial charge is 0.364 e. The van der Waals surface area contributed by atoms with E-state index in [1.807, 2.05) is 36.4 Å². The van der Waals surface area contributed by atoms with Crippen molar-refractivity contribution in [2.75, 3.05) is 33.2 Å². The van der Waals surface area contributed by atoms with Crippen LogP contribution in [0.4, 0.5) is 0 Å². The number of sulfonamides is 1. The highest BCUT2D eigenvalue weighted by Gasteiger charge is 2.57. The quantitative estimate of drug-likeness (QED) is 0.158. The Morgan fingerprint density at radius 3 is 2.62 bits per heavy atom. The molecule has 0 radical (unpaired) electrons. The van der Waals surface area contributed by atoms with E-state index in [2.05, 4.69) is 33.4 Å². The average Bonchev–Trinajstić information content (AvgIpc) is 3.57. The summed E-state index contributed by atoms with van der Waals surface area (Å²) in [5.41, 5.74) is 2.56. The summed E-state index contributed by atoms with van der Waals surface area (Å²) in [6, 6.07) is 23.2. The van der Waals surface area contributed by atoms with Crippen LogP contribution in [0.25, 0.3) is 10.6 Å². The van der Waals surface area contributed by atoms with E-state index in [4.69, 9.17) is 25.6 Å². The molecule has 1 aliphatic heterocycles. The molecule has 2 fully saturated rings. The average molecular weight is 664 g/mol. The highest BCUT2D eigenvalue weighted by atomic mass is 35.5. The molecule has 3 aromatic heterocycles. The second-order valence-corrected chi connectivity index (χ2v) is 15.9. The maximum Gasteiger partial charge on any atom is 0.252 e. The lowest BCUT2D eigenvalue weighted by Gasteiger charge is -2.32. The molecular formula is C33H34ClN5O4S2. The molecule has 0 spiro atoms. The lowest BCUT2D eigenvalue weighted by molar-refractivity contribution is 0.182. The molecule has 9 nitrogen and oxygen atoms in total. The van der Waals surface area contributed by atoms with Crippen LogP contribution >= 0.6 is 22.9 Å². The number of benzene rings is 2. The Morgan fingerprint density at radius 2 is 1.87 bits per heavy atom. The smallest absolute Gasteiger partial charge is 0.252 e. The molecule has 2 aliphatic rings. The number of aromatic nitrogens is 3. The lowest BCUT2D eigenvalue weighted by Crippen LogP contribution is -2.39. The molecule has 12 heteroatoms. The van der Waals surface area contributed by atoms with E-state index < -0.39 is 10.0 Å². The second kappa shape index (κ2) is 12.4. The fraction of sp³-hybridized carbons (Fsp3) is 0.364. The normalized spacial score (nSPS) is 21.0. The van der Waals surface area contributed by atoms with Crippen LogP contribution in [0.15, 0.2) is 92.3 Å². The van der Waals surface area contributed by atoms with Crippen molar-refractivity contribution in [1.29, 1.82) is 0 Å². The van der Waals surface area contributed by atoms with Crippen LogP contribution in [-0.2, 0) is 21.9 Å². The first kappa shape index (κ1) is 30.3. The highest BCUT2D eigenvalue weighted by Crippen LogP contribution is 2.56. The Labute approximate surface area is 271 Å². The highest BCUT2D eigenvalue weighted by molar-refractivity contribution is 7.91. The molecule has 0 amide bonds. The monoisotopic (exact) mass is 663 g/mol. The molecule has 45 heavy (non-hydrogen) atoms. The standard InChI is InChI=1S/C33H34ClN5O4S2/c1-38(45(40,41)31-11-10-29(44-31)28-14-17-42-36-28)22-33(25-8-5-9-27(34)19-25)20-26(33)21-39-15-12-24(13-16-39)32-35-30(37-43-32)18-23-6-3-2-4-7-23/h2-11,14,17,19,24,26H,12-13,15-16,18,20-22H2,1H3/t26-,33+/m0/s1. The zero-order valence-electron chi connectivity index (χ0n) is 24.9. The number of piperidine rings is 1. The van der Waals surface area contributed by atoms with Crippen LogP contribution in [0.2, 0.25) is 5.02 Å². The van der Waals surface area contributed by atoms with Gasteiger partial charge in [-0.15, -0.1) is 11.3 Å². The summed E-state index contributed by atoms with van der Waals surface area (Å²) in [5, 5.41) is 8.84. The predicted molar refractivity (Wildman–Crippen MR) is 173 cm³/mol. The van der Waals surface area contributed by atoms with Gasteiger partial charge in [-0.3, -0.25) is 0 Å². The van der Waals surface area contributed by atoms with Crippen LogP contribution in [0, 0.1) is 5.92 Å². The van der Waals surface area contributed by atoms with Crippen LogP contribution in [-0.4, -0.2) is 66.1 Å². The molecule has 0 unspecified atom stereocenters. The minimum atomic E-state index is -3.71. The SMILES string of the molecule is CN(C[C@@]1(c2cccc(Cl)c2)C[C@H]1CN1CCC(c2nc(Cc3ccccc3)no2)CC1)S(=O)(=O)c1ccc(-c2ccon2)s1. The summed E-state index contributed by atoms with van der Waals surface area (Å²) in [4.78, 5) is 7.96. The van der Waals surface area contributed by atoms with E-state index in [0.29, 0.717) is 29.6 Å². The van der Waals surface area contributed by atoms with Crippen molar-refractivity contribution in [3.05, 3.63) is 107 Å². The number of thiophene rings is 1. The summed E-state index contributed by atoms with van der Waals surface area (Å²) in [7, 11) is -2.03. The third kappa shape index (κ3) is 6.37. The van der Waals surface area contributed by atoms with Crippen molar-refractivity contribution in [1.82, 2.24) is 24.5 Å². The number of likely N-dealkylation sites (N-methyl/N-ethyl adjacent to an activating group) is 1. The van der Waals surface area contributed by atoms with Crippen molar-refractivity contribution >= 4 is 33.0 Å². The summed E-state index contributed by atoms with van der Waals surface area (Å²) in [5.74, 6) is 2.01. The Hall–Kier alpha value is -3.35. The van der Waals surface area contributed by atoms with Gasteiger partial charge in [-0.1, -0.05) is 64.4 Å². The molecule has 5 aromatic rings. The van der Waals surface area contributed by atoms with E-state index >= 15 is 0 Å². The van der Waals surface area contributed by atoms with Crippen molar-refractivity contribution in [3.8, 4) is 10.6 Å². The molecule has 1 saturated carbocycles. The van der Waals surface area contributed by atoms with Crippen molar-refractivity contribution < 1.29 is 17.5 Å². The number of likely N-dealkylation sites (tertiary alicyclic amines) is 1. The van der Waals surface area contributed by atoms with E-state index in [9.17, 15) is 8.42 Å². The lowest BCUT2D eigenvalue weighted by atomic mass is 9.92. The minimum absolute atomic E-state index is 0.249. The van der Waals surface area contributed by atoms with Gasteiger partial charge in [0.15, 0.2) is 5.82 Å². The number of halogens is 1. The van der Waals surface area contributed by atoms with Gasteiger partial charge < -0.3 is 13.9 Å². The van der Waals surface area contributed by atoms with Crippen molar-refractivity contribution in [2.45, 2.75) is 41.2 Å². The van der Waals surface area contributed by atoms with Crippen LogP contribution < -0.4 is 0 Å². The molecule has 0 bridgehead atoms. The van der Waals surface area contributed by atoms with Crippen LogP contribution in [0.1, 0.15) is 48.0 Å². The fourth-order valence-corrected chi connectivity index (χ4v) is 9.50. The first-order valence-corrected chi connectivity index (χ1v) is 17.8. The molecule has 0 N–H and O–H groups in total. The Morgan fingerprint density at radius 1 is 1.04 bits per heavy atom.